The zero-order chi connectivity index (χ0) is 12.3. The van der Waals surface area contributed by atoms with E-state index >= 15 is 0 Å². The lowest BCUT2D eigenvalue weighted by Crippen LogP contribution is -2.11. The van der Waals surface area contributed by atoms with Crippen LogP contribution in [0.1, 0.15) is 5.56 Å². The van der Waals surface area contributed by atoms with Crippen LogP contribution in [-0.4, -0.2) is 4.99 Å². The Morgan fingerprint density at radius 1 is 1.12 bits per heavy atom. The summed E-state index contributed by atoms with van der Waals surface area (Å²) in [5.74, 6) is 0. The number of nitrogens with two attached hydrogens (primary N) is 1. The van der Waals surface area contributed by atoms with E-state index < -0.39 is 0 Å². The minimum atomic E-state index is 0.392. The van der Waals surface area contributed by atoms with E-state index in [0.29, 0.717) is 4.99 Å². The fraction of sp³-hybridized carbons (Fsp3) is 0. The van der Waals surface area contributed by atoms with E-state index in [1.54, 1.807) is 0 Å². The van der Waals surface area contributed by atoms with Crippen LogP contribution in [-0.2, 0) is 0 Å². The van der Waals surface area contributed by atoms with Crippen molar-refractivity contribution < 1.29 is 0 Å². The monoisotopic (exact) mass is 306 g/mol. The van der Waals surface area contributed by atoms with Gasteiger partial charge in [0.1, 0.15) is 4.99 Å². The SMILES string of the molecule is NC(=S)c1ccccc1Nc1cccc(Br)c1. The third-order valence-electron chi connectivity index (χ3n) is 2.30. The molecule has 0 spiro atoms. The number of hydrogen-bond acceptors (Lipinski definition) is 2. The second-order valence-electron chi connectivity index (χ2n) is 3.55. The summed E-state index contributed by atoms with van der Waals surface area (Å²) in [6.07, 6.45) is 0. The summed E-state index contributed by atoms with van der Waals surface area (Å²) in [7, 11) is 0. The molecule has 0 unspecified atom stereocenters. The van der Waals surface area contributed by atoms with E-state index in [4.69, 9.17) is 18.0 Å². The number of anilines is 2. The third-order valence-corrected chi connectivity index (χ3v) is 3.01. The highest BCUT2D eigenvalue weighted by molar-refractivity contribution is 9.10. The first kappa shape index (κ1) is 12.1. The largest absolute Gasteiger partial charge is 0.389 e. The fourth-order valence-electron chi connectivity index (χ4n) is 1.53. The van der Waals surface area contributed by atoms with Crippen LogP contribution in [0, 0.1) is 0 Å². The maximum atomic E-state index is 5.68. The Morgan fingerprint density at radius 3 is 2.59 bits per heavy atom. The number of rotatable bonds is 3. The molecule has 4 heteroatoms. The molecule has 0 aliphatic rings. The molecular weight excluding hydrogens is 296 g/mol. The minimum Gasteiger partial charge on any atom is -0.389 e. The van der Waals surface area contributed by atoms with Crippen LogP contribution < -0.4 is 11.1 Å². The van der Waals surface area contributed by atoms with E-state index in [0.717, 1.165) is 21.4 Å². The number of para-hydroxylation sites is 1. The molecule has 0 heterocycles. The molecule has 2 nitrogen and oxygen atoms in total. The van der Waals surface area contributed by atoms with Crippen LogP contribution in [0.15, 0.2) is 53.0 Å². The first-order chi connectivity index (χ1) is 8.16. The molecule has 0 aromatic heterocycles. The predicted molar refractivity (Wildman–Crippen MR) is 79.8 cm³/mol. The highest BCUT2D eigenvalue weighted by Gasteiger charge is 2.04. The lowest BCUT2D eigenvalue weighted by Gasteiger charge is -2.11. The first-order valence-electron chi connectivity index (χ1n) is 5.08. The van der Waals surface area contributed by atoms with Crippen molar-refractivity contribution in [3.05, 3.63) is 58.6 Å². The molecule has 17 heavy (non-hydrogen) atoms. The third kappa shape index (κ3) is 3.05. The van der Waals surface area contributed by atoms with Gasteiger partial charge in [-0.15, -0.1) is 0 Å². The summed E-state index contributed by atoms with van der Waals surface area (Å²) in [6.45, 7) is 0. The van der Waals surface area contributed by atoms with Gasteiger partial charge in [-0.2, -0.15) is 0 Å². The highest BCUT2D eigenvalue weighted by atomic mass is 79.9. The van der Waals surface area contributed by atoms with Crippen LogP contribution in [0.5, 0.6) is 0 Å². The Labute approximate surface area is 114 Å². The van der Waals surface area contributed by atoms with E-state index in [1.165, 1.54) is 0 Å². The van der Waals surface area contributed by atoms with Crippen molar-refractivity contribution in [2.24, 2.45) is 5.73 Å². The van der Waals surface area contributed by atoms with Gasteiger partial charge in [0.25, 0.3) is 0 Å². The van der Waals surface area contributed by atoms with Crippen LogP contribution in [0.3, 0.4) is 0 Å². The quantitative estimate of drug-likeness (QED) is 0.847. The number of halogens is 1. The van der Waals surface area contributed by atoms with Crippen LogP contribution >= 0.6 is 28.1 Å². The molecule has 0 saturated heterocycles. The Bertz CT molecular complexity index is 555. The van der Waals surface area contributed by atoms with Crippen molar-refractivity contribution in [3.8, 4) is 0 Å². The maximum absolute atomic E-state index is 5.68. The second-order valence-corrected chi connectivity index (χ2v) is 4.90. The number of nitrogens with one attached hydrogen (secondary N) is 1. The number of hydrogen-bond donors (Lipinski definition) is 2. The highest BCUT2D eigenvalue weighted by Crippen LogP contribution is 2.23. The van der Waals surface area contributed by atoms with Gasteiger partial charge in [0, 0.05) is 21.4 Å². The van der Waals surface area contributed by atoms with Crippen molar-refractivity contribution in [2.45, 2.75) is 0 Å². The topological polar surface area (TPSA) is 38.0 Å². The van der Waals surface area contributed by atoms with Crippen molar-refractivity contribution in [2.75, 3.05) is 5.32 Å². The molecule has 0 atom stereocenters. The molecule has 0 radical (unpaired) electrons. The number of benzene rings is 2. The van der Waals surface area contributed by atoms with Crippen molar-refractivity contribution in [1.29, 1.82) is 0 Å². The molecule has 0 fully saturated rings. The molecule has 0 saturated carbocycles. The molecule has 2 aromatic carbocycles. The summed E-state index contributed by atoms with van der Waals surface area (Å²) in [6, 6.07) is 15.7. The van der Waals surface area contributed by atoms with Crippen molar-refractivity contribution in [1.82, 2.24) is 0 Å². The predicted octanol–water partition coefficient (Wildman–Crippen LogP) is 3.83. The van der Waals surface area contributed by atoms with Gasteiger partial charge in [0.05, 0.1) is 0 Å². The van der Waals surface area contributed by atoms with Crippen LogP contribution in [0.4, 0.5) is 11.4 Å². The lowest BCUT2D eigenvalue weighted by molar-refractivity contribution is 1.51. The summed E-state index contributed by atoms with van der Waals surface area (Å²) in [5.41, 5.74) is 8.43. The summed E-state index contributed by atoms with van der Waals surface area (Å²) in [4.78, 5) is 0.392. The molecule has 0 aliphatic carbocycles. The minimum absolute atomic E-state index is 0.392. The molecule has 86 valence electrons. The standard InChI is InChI=1S/C13H11BrN2S/c14-9-4-3-5-10(8-9)16-12-7-2-1-6-11(12)13(15)17/h1-8,16H,(H2,15,17). The zero-order valence-electron chi connectivity index (χ0n) is 8.98. The molecule has 0 amide bonds. The first-order valence-corrected chi connectivity index (χ1v) is 6.28. The van der Waals surface area contributed by atoms with Crippen LogP contribution in [0.2, 0.25) is 0 Å². The Kier molecular flexibility index (Phi) is 3.76. The van der Waals surface area contributed by atoms with Gasteiger partial charge in [-0.3, -0.25) is 0 Å². The van der Waals surface area contributed by atoms with E-state index in [-0.39, 0.29) is 0 Å². The molecule has 2 aromatic rings. The van der Waals surface area contributed by atoms with Gasteiger partial charge in [-0.25, -0.2) is 0 Å². The average molecular weight is 307 g/mol. The normalized spacial score (nSPS) is 9.94. The summed E-state index contributed by atoms with van der Waals surface area (Å²) >= 11 is 8.45. The van der Waals surface area contributed by atoms with Crippen molar-refractivity contribution >= 4 is 44.5 Å². The van der Waals surface area contributed by atoms with Gasteiger partial charge >= 0.3 is 0 Å². The Morgan fingerprint density at radius 2 is 1.88 bits per heavy atom. The average Bonchev–Trinajstić information content (AvgIpc) is 2.29. The maximum Gasteiger partial charge on any atom is 0.106 e. The second kappa shape index (κ2) is 5.29. The molecule has 2 rings (SSSR count). The fourth-order valence-corrected chi connectivity index (χ4v) is 2.11. The molecule has 0 bridgehead atoms. The molecule has 3 N–H and O–H groups in total. The van der Waals surface area contributed by atoms with Gasteiger partial charge in [-0.1, -0.05) is 46.3 Å². The van der Waals surface area contributed by atoms with Gasteiger partial charge < -0.3 is 11.1 Å². The zero-order valence-corrected chi connectivity index (χ0v) is 11.4. The van der Waals surface area contributed by atoms with Gasteiger partial charge in [-0.05, 0) is 30.3 Å². The molecule has 0 aliphatic heterocycles. The summed E-state index contributed by atoms with van der Waals surface area (Å²) < 4.78 is 1.02. The smallest absolute Gasteiger partial charge is 0.106 e. The van der Waals surface area contributed by atoms with Crippen molar-refractivity contribution in [3.63, 3.8) is 0 Å². The molecular formula is C13H11BrN2S. The van der Waals surface area contributed by atoms with E-state index in [9.17, 15) is 0 Å². The number of thiocarbonyl (C=S) groups is 1. The van der Waals surface area contributed by atoms with Gasteiger partial charge in [0.15, 0.2) is 0 Å². The van der Waals surface area contributed by atoms with E-state index in [2.05, 4.69) is 21.2 Å². The summed E-state index contributed by atoms with van der Waals surface area (Å²) in [5, 5.41) is 3.30. The lowest BCUT2D eigenvalue weighted by atomic mass is 10.1. The Balaban J connectivity index is 2.33. The Hall–Kier alpha value is -1.39. The van der Waals surface area contributed by atoms with E-state index in [1.807, 2.05) is 48.5 Å². The van der Waals surface area contributed by atoms with Gasteiger partial charge in [0.2, 0.25) is 0 Å². The van der Waals surface area contributed by atoms with Crippen LogP contribution in [0.25, 0.3) is 0 Å².